The standard InChI is InChI=1S/C29H39F2N5O2/c1-2-11-36(29-32-15-24(31)16-33-29)25-9-12-34(13-10-25)17-22-18-35(27(28(37)38)20-5-3-6-20)19-26(22)21-7-4-8-23(30)14-21/h4,7-8,14-16,20,22,25-27H,2-3,5-6,9-13,17-19H2,1H3,(H,37,38)/t22-,26+,27+/m0/s1. The van der Waals surface area contributed by atoms with Crippen molar-refractivity contribution in [1.82, 2.24) is 19.8 Å². The van der Waals surface area contributed by atoms with E-state index >= 15 is 0 Å². The summed E-state index contributed by atoms with van der Waals surface area (Å²) in [5.74, 6) is -0.257. The molecule has 1 aromatic carbocycles. The molecule has 1 aromatic heterocycles. The van der Waals surface area contributed by atoms with Gasteiger partial charge in [0.05, 0.1) is 12.4 Å². The number of anilines is 1. The Balaban J connectivity index is 1.27. The fourth-order valence-electron chi connectivity index (χ4n) is 6.73. The molecule has 0 spiro atoms. The largest absolute Gasteiger partial charge is 0.480 e. The number of benzene rings is 1. The highest BCUT2D eigenvalue weighted by Gasteiger charge is 2.44. The Hall–Kier alpha value is -2.65. The second-order valence-corrected chi connectivity index (χ2v) is 11.3. The Bertz CT molecular complexity index is 1070. The molecule has 1 N–H and O–H groups in total. The predicted octanol–water partition coefficient (Wildman–Crippen LogP) is 4.40. The van der Waals surface area contributed by atoms with Gasteiger partial charge < -0.3 is 14.9 Å². The lowest BCUT2D eigenvalue weighted by molar-refractivity contribution is -0.146. The third-order valence-corrected chi connectivity index (χ3v) is 8.81. The second-order valence-electron chi connectivity index (χ2n) is 11.3. The van der Waals surface area contributed by atoms with Crippen molar-refractivity contribution in [2.75, 3.05) is 44.2 Å². The molecule has 3 fully saturated rings. The summed E-state index contributed by atoms with van der Waals surface area (Å²) in [6.07, 6.45) is 8.39. The maximum absolute atomic E-state index is 14.2. The van der Waals surface area contributed by atoms with E-state index in [1.807, 2.05) is 6.07 Å². The van der Waals surface area contributed by atoms with Gasteiger partial charge in [0.1, 0.15) is 11.9 Å². The van der Waals surface area contributed by atoms with E-state index in [4.69, 9.17) is 0 Å². The minimum atomic E-state index is -0.729. The summed E-state index contributed by atoms with van der Waals surface area (Å²) in [7, 11) is 0. The van der Waals surface area contributed by atoms with Gasteiger partial charge in [0.15, 0.2) is 5.82 Å². The number of carboxylic acids is 1. The predicted molar refractivity (Wildman–Crippen MR) is 142 cm³/mol. The molecule has 0 unspecified atom stereocenters. The normalized spacial score (nSPS) is 24.3. The van der Waals surface area contributed by atoms with E-state index in [1.54, 1.807) is 12.1 Å². The number of rotatable bonds is 10. The van der Waals surface area contributed by atoms with Gasteiger partial charge in [-0.15, -0.1) is 0 Å². The van der Waals surface area contributed by atoms with Crippen LogP contribution in [0, 0.1) is 23.5 Å². The maximum atomic E-state index is 14.2. The van der Waals surface area contributed by atoms with Crippen LogP contribution in [0.1, 0.15) is 56.9 Å². The van der Waals surface area contributed by atoms with Gasteiger partial charge >= 0.3 is 5.97 Å². The number of hydrogen-bond donors (Lipinski definition) is 1. The zero-order valence-electron chi connectivity index (χ0n) is 22.2. The minimum Gasteiger partial charge on any atom is -0.480 e. The topological polar surface area (TPSA) is 72.8 Å². The summed E-state index contributed by atoms with van der Waals surface area (Å²) in [5, 5.41) is 10.1. The van der Waals surface area contributed by atoms with Gasteiger partial charge in [-0.2, -0.15) is 0 Å². The van der Waals surface area contributed by atoms with E-state index in [-0.39, 0.29) is 23.6 Å². The van der Waals surface area contributed by atoms with Crippen molar-refractivity contribution in [2.45, 2.75) is 63.5 Å². The molecule has 206 valence electrons. The van der Waals surface area contributed by atoms with Crippen LogP contribution >= 0.6 is 0 Å². The molecule has 3 atom stereocenters. The molecule has 1 saturated carbocycles. The zero-order valence-corrected chi connectivity index (χ0v) is 22.2. The van der Waals surface area contributed by atoms with Gasteiger partial charge in [0.2, 0.25) is 5.95 Å². The van der Waals surface area contributed by atoms with Crippen LogP contribution in [0.4, 0.5) is 14.7 Å². The second kappa shape index (κ2) is 12.0. The minimum absolute atomic E-state index is 0.106. The van der Waals surface area contributed by atoms with Crippen molar-refractivity contribution < 1.29 is 18.7 Å². The summed E-state index contributed by atoms with van der Waals surface area (Å²) in [5.41, 5.74) is 0.965. The van der Waals surface area contributed by atoms with Crippen LogP contribution in [0.5, 0.6) is 0 Å². The molecule has 1 aliphatic carbocycles. The first-order valence-corrected chi connectivity index (χ1v) is 14.1. The molecule has 0 bridgehead atoms. The Labute approximate surface area is 223 Å². The molecule has 38 heavy (non-hydrogen) atoms. The van der Waals surface area contributed by atoms with E-state index in [2.05, 4.69) is 31.6 Å². The van der Waals surface area contributed by atoms with Gasteiger partial charge in [-0.05, 0) is 61.6 Å². The number of carbonyl (C=O) groups is 1. The number of carboxylic acid groups (broad SMARTS) is 1. The number of nitrogens with zero attached hydrogens (tertiary/aromatic N) is 5. The first kappa shape index (κ1) is 26.9. The van der Waals surface area contributed by atoms with Crippen LogP contribution in [0.15, 0.2) is 36.7 Å². The van der Waals surface area contributed by atoms with Crippen molar-refractivity contribution >= 4 is 11.9 Å². The highest BCUT2D eigenvalue weighted by molar-refractivity contribution is 5.74. The number of halogens is 2. The molecule has 0 amide bonds. The van der Waals surface area contributed by atoms with Gasteiger partial charge in [-0.3, -0.25) is 9.69 Å². The third kappa shape index (κ3) is 5.99. The van der Waals surface area contributed by atoms with Crippen molar-refractivity contribution in [3.05, 3.63) is 53.9 Å². The summed E-state index contributed by atoms with van der Waals surface area (Å²) >= 11 is 0. The van der Waals surface area contributed by atoms with Crippen molar-refractivity contribution in [3.8, 4) is 0 Å². The Morgan fingerprint density at radius 3 is 2.45 bits per heavy atom. The maximum Gasteiger partial charge on any atom is 0.321 e. The van der Waals surface area contributed by atoms with Crippen LogP contribution in [0.2, 0.25) is 0 Å². The third-order valence-electron chi connectivity index (χ3n) is 8.81. The molecular weight excluding hydrogens is 488 g/mol. The Morgan fingerprint density at radius 2 is 1.84 bits per heavy atom. The number of likely N-dealkylation sites (tertiary alicyclic amines) is 2. The van der Waals surface area contributed by atoms with Gasteiger partial charge in [0, 0.05) is 51.2 Å². The number of hydrogen-bond acceptors (Lipinski definition) is 6. The van der Waals surface area contributed by atoms with Gasteiger partial charge in [-0.25, -0.2) is 18.7 Å². The SMILES string of the molecule is CCCN(c1ncc(F)cn1)C1CCN(C[C@H]2CN([C@@H](C(=O)O)C3CCC3)C[C@@H]2c2cccc(F)c2)CC1. The Morgan fingerprint density at radius 1 is 1.11 bits per heavy atom. The molecule has 2 aliphatic heterocycles. The molecule has 2 saturated heterocycles. The van der Waals surface area contributed by atoms with Crippen LogP contribution in [0.25, 0.3) is 0 Å². The van der Waals surface area contributed by atoms with E-state index in [0.29, 0.717) is 18.5 Å². The van der Waals surface area contributed by atoms with E-state index in [9.17, 15) is 18.7 Å². The van der Waals surface area contributed by atoms with Crippen LogP contribution in [0.3, 0.4) is 0 Å². The summed E-state index contributed by atoms with van der Waals surface area (Å²) < 4.78 is 27.6. The average molecular weight is 528 g/mol. The number of aromatic nitrogens is 2. The van der Waals surface area contributed by atoms with E-state index < -0.39 is 17.8 Å². The quantitative estimate of drug-likeness (QED) is 0.491. The monoisotopic (exact) mass is 527 g/mol. The molecule has 2 aromatic rings. The first-order chi connectivity index (χ1) is 18.4. The summed E-state index contributed by atoms with van der Waals surface area (Å²) in [4.78, 5) is 27.6. The van der Waals surface area contributed by atoms with Crippen LogP contribution in [-0.4, -0.2) is 82.2 Å². The molecule has 9 heteroatoms. The molecule has 0 radical (unpaired) electrons. The average Bonchev–Trinajstić information content (AvgIpc) is 3.29. The highest BCUT2D eigenvalue weighted by atomic mass is 19.1. The smallest absolute Gasteiger partial charge is 0.321 e. The summed E-state index contributed by atoms with van der Waals surface area (Å²) in [6.45, 7) is 7.03. The van der Waals surface area contributed by atoms with Gasteiger partial charge in [0.25, 0.3) is 0 Å². The fraction of sp³-hybridized carbons (Fsp3) is 0.621. The lowest BCUT2D eigenvalue weighted by atomic mass is 9.79. The fourth-order valence-corrected chi connectivity index (χ4v) is 6.73. The summed E-state index contributed by atoms with van der Waals surface area (Å²) in [6, 6.07) is 6.69. The van der Waals surface area contributed by atoms with Gasteiger partial charge in [-0.1, -0.05) is 25.5 Å². The number of piperidine rings is 1. The van der Waals surface area contributed by atoms with E-state index in [0.717, 1.165) is 76.8 Å². The molecule has 3 heterocycles. The van der Waals surface area contributed by atoms with Crippen LogP contribution < -0.4 is 4.90 Å². The lowest BCUT2D eigenvalue weighted by Gasteiger charge is -2.40. The van der Waals surface area contributed by atoms with Crippen molar-refractivity contribution in [2.24, 2.45) is 11.8 Å². The molecule has 5 rings (SSSR count). The molecule has 7 nitrogen and oxygen atoms in total. The lowest BCUT2D eigenvalue weighted by Crippen LogP contribution is -2.48. The van der Waals surface area contributed by atoms with Crippen molar-refractivity contribution in [1.29, 1.82) is 0 Å². The van der Waals surface area contributed by atoms with Crippen LogP contribution in [-0.2, 0) is 4.79 Å². The molecule has 3 aliphatic rings. The molecular formula is C29H39F2N5O2. The zero-order chi connectivity index (χ0) is 26.6. The highest BCUT2D eigenvalue weighted by Crippen LogP contribution is 2.40. The van der Waals surface area contributed by atoms with E-state index in [1.165, 1.54) is 18.5 Å². The number of aliphatic carboxylic acids is 1. The first-order valence-electron chi connectivity index (χ1n) is 14.1. The van der Waals surface area contributed by atoms with Crippen molar-refractivity contribution in [3.63, 3.8) is 0 Å². The Kier molecular flexibility index (Phi) is 8.53.